The van der Waals surface area contributed by atoms with E-state index in [0.717, 1.165) is 16.9 Å². The van der Waals surface area contributed by atoms with E-state index in [1.165, 1.54) is 0 Å². The van der Waals surface area contributed by atoms with Crippen molar-refractivity contribution in [2.45, 2.75) is 59.0 Å². The van der Waals surface area contributed by atoms with Gasteiger partial charge in [-0.1, -0.05) is 43.6 Å². The zero-order valence-corrected chi connectivity index (χ0v) is 19.6. The van der Waals surface area contributed by atoms with Gasteiger partial charge in [0.15, 0.2) is 0 Å². The average Bonchev–Trinajstić information content (AvgIpc) is 2.69. The number of aliphatic hydroxyl groups excluding tert-OH is 1. The highest BCUT2D eigenvalue weighted by molar-refractivity contribution is 6.31. The maximum Gasteiger partial charge on any atom is 0.212 e. The minimum Gasteiger partial charge on any atom is -0.495 e. The highest BCUT2D eigenvalue weighted by Gasteiger charge is 2.39. The Balaban J connectivity index is 1.74. The zero-order valence-electron chi connectivity index (χ0n) is 18.9. The summed E-state index contributed by atoms with van der Waals surface area (Å²) in [6, 6.07) is 13.2. The number of benzene rings is 2. The largest absolute Gasteiger partial charge is 0.495 e. The van der Waals surface area contributed by atoms with Crippen molar-refractivity contribution in [3.8, 4) is 11.5 Å². The minimum atomic E-state index is -0.731. The Hall–Kier alpha value is -2.53. The van der Waals surface area contributed by atoms with Crippen LogP contribution < -0.4 is 4.74 Å². The molecule has 0 amide bonds. The Morgan fingerprint density at radius 3 is 2.55 bits per heavy atom. The number of hydrogen-bond donors (Lipinski definition) is 1. The molecule has 1 heterocycles. The summed E-state index contributed by atoms with van der Waals surface area (Å²) in [5.41, 5.74) is 1.39. The van der Waals surface area contributed by atoms with Crippen LogP contribution in [0.3, 0.4) is 0 Å². The molecule has 0 aliphatic carbocycles. The second-order valence-electron chi connectivity index (χ2n) is 8.47. The van der Waals surface area contributed by atoms with E-state index >= 15 is 0 Å². The molecule has 5 nitrogen and oxygen atoms in total. The molecule has 1 N–H and O–H groups in total. The van der Waals surface area contributed by atoms with E-state index in [4.69, 9.17) is 21.1 Å². The molecular formula is C25H31ClN2O3. The summed E-state index contributed by atoms with van der Waals surface area (Å²) in [6.45, 7) is 10.4. The van der Waals surface area contributed by atoms with Crippen LogP contribution in [0.5, 0.6) is 11.5 Å². The fourth-order valence-corrected chi connectivity index (χ4v) is 3.88. The minimum absolute atomic E-state index is 0.0638. The van der Waals surface area contributed by atoms with Crippen molar-refractivity contribution in [2.24, 2.45) is 15.9 Å². The Bertz CT molecular complexity index is 986. The molecule has 2 atom stereocenters. The number of aryl methyl sites for hydroxylation is 2. The third-order valence-corrected chi connectivity index (χ3v) is 5.74. The van der Waals surface area contributed by atoms with E-state index < -0.39 is 5.54 Å². The van der Waals surface area contributed by atoms with Crippen molar-refractivity contribution in [2.75, 3.05) is 6.61 Å². The highest BCUT2D eigenvalue weighted by atomic mass is 35.5. The van der Waals surface area contributed by atoms with Crippen molar-refractivity contribution >= 4 is 23.4 Å². The van der Waals surface area contributed by atoms with Crippen LogP contribution >= 0.6 is 11.6 Å². The van der Waals surface area contributed by atoms with Crippen LogP contribution in [-0.4, -0.2) is 35.1 Å². The van der Waals surface area contributed by atoms with Crippen LogP contribution in [0.4, 0.5) is 0 Å². The molecule has 166 valence electrons. The second-order valence-corrected chi connectivity index (χ2v) is 8.88. The van der Waals surface area contributed by atoms with Gasteiger partial charge < -0.3 is 14.6 Å². The van der Waals surface area contributed by atoms with Crippen LogP contribution in [0.1, 0.15) is 45.2 Å². The first-order valence-electron chi connectivity index (χ1n) is 10.7. The maximum absolute atomic E-state index is 10.5. The molecule has 0 saturated heterocycles. The van der Waals surface area contributed by atoms with Crippen LogP contribution in [0, 0.1) is 12.8 Å². The lowest BCUT2D eigenvalue weighted by Gasteiger charge is -2.33. The van der Waals surface area contributed by atoms with Crippen molar-refractivity contribution in [3.63, 3.8) is 0 Å². The first-order chi connectivity index (χ1) is 14.7. The fraction of sp³-hybridized carbons (Fsp3) is 0.440. The molecule has 6 heteroatoms. The van der Waals surface area contributed by atoms with Gasteiger partial charge >= 0.3 is 0 Å². The van der Waals surface area contributed by atoms with Crippen molar-refractivity contribution in [1.82, 2.24) is 0 Å². The SMILES string of the molecule is CCOC1=N[C@@H](C(C)C)C(O)=N[C@]1(C)CCc1ccc(Oc2cccc(C)c2)cc1Cl. The maximum atomic E-state index is 10.5. The third kappa shape index (κ3) is 5.59. The van der Waals surface area contributed by atoms with E-state index in [1.54, 1.807) is 0 Å². The predicted octanol–water partition coefficient (Wildman–Crippen LogP) is 6.56. The molecular weight excluding hydrogens is 412 g/mol. The molecule has 31 heavy (non-hydrogen) atoms. The van der Waals surface area contributed by atoms with E-state index in [-0.39, 0.29) is 17.9 Å². The average molecular weight is 443 g/mol. The lowest BCUT2D eigenvalue weighted by atomic mass is 9.90. The van der Waals surface area contributed by atoms with Crippen LogP contribution in [-0.2, 0) is 11.2 Å². The Kier molecular flexibility index (Phi) is 7.26. The van der Waals surface area contributed by atoms with Gasteiger partial charge in [-0.15, -0.1) is 0 Å². The molecule has 0 saturated carbocycles. The van der Waals surface area contributed by atoms with Gasteiger partial charge in [-0.3, -0.25) is 0 Å². The number of aliphatic hydroxyl groups is 1. The van der Waals surface area contributed by atoms with Crippen molar-refractivity contribution < 1.29 is 14.6 Å². The van der Waals surface area contributed by atoms with Gasteiger partial charge in [0.1, 0.15) is 23.1 Å². The Labute approximate surface area is 189 Å². The molecule has 0 unspecified atom stereocenters. The third-order valence-electron chi connectivity index (χ3n) is 5.39. The number of rotatable bonds is 7. The predicted molar refractivity (Wildman–Crippen MR) is 127 cm³/mol. The van der Waals surface area contributed by atoms with Gasteiger partial charge in [0.25, 0.3) is 0 Å². The van der Waals surface area contributed by atoms with Crippen LogP contribution in [0.25, 0.3) is 0 Å². The van der Waals surface area contributed by atoms with Gasteiger partial charge in [0.05, 0.1) is 6.61 Å². The summed E-state index contributed by atoms with van der Waals surface area (Å²) in [6.07, 6.45) is 1.27. The van der Waals surface area contributed by atoms with Gasteiger partial charge in [0, 0.05) is 5.02 Å². The van der Waals surface area contributed by atoms with Gasteiger partial charge in [0.2, 0.25) is 11.8 Å². The number of hydrogen-bond acceptors (Lipinski definition) is 4. The first-order valence-corrected chi connectivity index (χ1v) is 11.1. The summed E-state index contributed by atoms with van der Waals surface area (Å²) >= 11 is 6.55. The van der Waals surface area contributed by atoms with Crippen LogP contribution in [0.2, 0.25) is 5.02 Å². The van der Waals surface area contributed by atoms with Crippen molar-refractivity contribution in [1.29, 1.82) is 0 Å². The van der Waals surface area contributed by atoms with Crippen LogP contribution in [0.15, 0.2) is 52.4 Å². The molecule has 0 fully saturated rings. The van der Waals surface area contributed by atoms with E-state index in [0.29, 0.717) is 36.1 Å². The Morgan fingerprint density at radius 2 is 1.90 bits per heavy atom. The molecule has 0 aromatic heterocycles. The summed E-state index contributed by atoms with van der Waals surface area (Å²) < 4.78 is 11.7. The second kappa shape index (κ2) is 9.73. The van der Waals surface area contributed by atoms with E-state index in [2.05, 4.69) is 9.98 Å². The number of halogens is 1. The fourth-order valence-electron chi connectivity index (χ4n) is 3.62. The molecule has 0 spiro atoms. The normalized spacial score (nSPS) is 20.9. The standard InChI is InChI=1S/C25H31ClN2O3/c1-6-30-24-25(5,28-23(29)22(27-24)16(2)3)13-12-18-10-11-20(15-21(18)26)31-19-9-7-8-17(4)14-19/h7-11,14-16,22H,6,12-13H2,1-5H3,(H,28,29)/t22-,25+/m0/s1. The summed E-state index contributed by atoms with van der Waals surface area (Å²) in [5, 5.41) is 11.1. The molecule has 0 radical (unpaired) electrons. The number of nitrogens with zero attached hydrogens (tertiary/aromatic N) is 2. The molecule has 1 aliphatic rings. The van der Waals surface area contributed by atoms with Gasteiger partial charge in [-0.25, -0.2) is 9.98 Å². The summed E-state index contributed by atoms with van der Waals surface area (Å²) in [5.74, 6) is 2.24. The first kappa shape index (κ1) is 23.1. The highest BCUT2D eigenvalue weighted by Crippen LogP contribution is 2.32. The van der Waals surface area contributed by atoms with Crippen molar-refractivity contribution in [3.05, 3.63) is 58.6 Å². The molecule has 2 aromatic carbocycles. The Morgan fingerprint density at radius 1 is 1.16 bits per heavy atom. The topological polar surface area (TPSA) is 63.4 Å². The van der Waals surface area contributed by atoms with E-state index in [1.807, 2.05) is 77.1 Å². The lowest BCUT2D eigenvalue weighted by Crippen LogP contribution is -2.44. The van der Waals surface area contributed by atoms with Gasteiger partial charge in [-0.2, -0.15) is 0 Å². The molecule has 1 aliphatic heterocycles. The molecule has 3 rings (SSSR count). The number of ether oxygens (including phenoxy) is 2. The molecule has 2 aromatic rings. The van der Waals surface area contributed by atoms with Gasteiger partial charge in [-0.05, 0) is 74.9 Å². The number of aliphatic imine (C=N–C) groups is 2. The zero-order chi connectivity index (χ0) is 22.6. The smallest absolute Gasteiger partial charge is 0.212 e. The lowest BCUT2D eigenvalue weighted by molar-refractivity contribution is 0.275. The quantitative estimate of drug-likeness (QED) is 0.527. The molecule has 0 bridgehead atoms. The summed E-state index contributed by atoms with van der Waals surface area (Å²) in [4.78, 5) is 9.26. The van der Waals surface area contributed by atoms with E-state index in [9.17, 15) is 5.11 Å². The summed E-state index contributed by atoms with van der Waals surface area (Å²) in [7, 11) is 0. The monoisotopic (exact) mass is 442 g/mol.